The number of hydrogen-bond donors (Lipinski definition) is 2. The van der Waals surface area contributed by atoms with Gasteiger partial charge in [-0.1, -0.05) is 30.3 Å². The van der Waals surface area contributed by atoms with Crippen LogP contribution < -0.4 is 10.6 Å². The molecule has 0 bridgehead atoms. The van der Waals surface area contributed by atoms with E-state index in [-0.39, 0.29) is 17.9 Å². The molecule has 0 aliphatic rings. The number of carbonyl (C=O) groups excluding carboxylic acids is 2. The Balaban J connectivity index is 2.21. The number of aromatic nitrogens is 1. The molecule has 2 amide bonds. The van der Waals surface area contributed by atoms with Crippen LogP contribution in [0.2, 0.25) is 0 Å². The van der Waals surface area contributed by atoms with Crippen molar-refractivity contribution in [1.29, 1.82) is 0 Å². The third kappa shape index (κ3) is 4.15. The molecule has 5 nitrogen and oxygen atoms in total. The zero-order valence-corrected chi connectivity index (χ0v) is 12.6. The van der Waals surface area contributed by atoms with Gasteiger partial charge in [0, 0.05) is 18.4 Å². The summed E-state index contributed by atoms with van der Waals surface area (Å²) in [6, 6.07) is 11.8. The highest BCUT2D eigenvalue weighted by atomic mass is 16.2. The zero-order valence-electron chi connectivity index (χ0n) is 12.6. The van der Waals surface area contributed by atoms with Gasteiger partial charge in [0.05, 0.1) is 5.56 Å². The second-order valence-electron chi connectivity index (χ2n) is 5.22. The van der Waals surface area contributed by atoms with Crippen LogP contribution in [0.3, 0.4) is 0 Å². The van der Waals surface area contributed by atoms with Crippen molar-refractivity contribution in [1.82, 2.24) is 15.6 Å². The number of benzene rings is 1. The number of nitrogens with one attached hydrogen (secondary N) is 2. The first-order valence-corrected chi connectivity index (χ1v) is 7.14. The Hall–Kier alpha value is -2.69. The van der Waals surface area contributed by atoms with Gasteiger partial charge >= 0.3 is 0 Å². The van der Waals surface area contributed by atoms with Crippen molar-refractivity contribution in [2.45, 2.75) is 25.9 Å². The first kappa shape index (κ1) is 15.7. The van der Waals surface area contributed by atoms with Gasteiger partial charge in [0.2, 0.25) is 5.91 Å². The average molecular weight is 297 g/mol. The summed E-state index contributed by atoms with van der Waals surface area (Å²) in [5.41, 5.74) is 1.15. The molecule has 0 aliphatic carbocycles. The third-order valence-corrected chi connectivity index (χ3v) is 3.03. The van der Waals surface area contributed by atoms with Gasteiger partial charge in [-0.2, -0.15) is 0 Å². The normalized spacial score (nSPS) is 11.8. The topological polar surface area (TPSA) is 71.1 Å². The van der Waals surface area contributed by atoms with E-state index in [0.717, 1.165) is 5.56 Å². The molecule has 0 saturated carbocycles. The fraction of sp³-hybridized carbons (Fsp3) is 0.235. The number of nitrogens with zero attached hydrogens (tertiary/aromatic N) is 1. The van der Waals surface area contributed by atoms with Crippen LogP contribution in [0.4, 0.5) is 0 Å². The highest BCUT2D eigenvalue weighted by Gasteiger charge is 2.23. The average Bonchev–Trinajstić information content (AvgIpc) is 2.53. The third-order valence-electron chi connectivity index (χ3n) is 3.03. The number of rotatable bonds is 5. The molecule has 2 aromatic rings. The van der Waals surface area contributed by atoms with E-state index in [1.54, 1.807) is 18.3 Å². The molecule has 1 aromatic carbocycles. The number of carbonyl (C=O) groups is 2. The molecule has 114 valence electrons. The standard InChI is InChI=1S/C17H19N3O2/c1-12(2)19-17(22)15(13-7-4-3-5-8-13)20-16(21)14-9-6-10-18-11-14/h3-12,15H,1-2H3,(H,19,22)(H,20,21)/t15-/m0/s1. The molecule has 0 fully saturated rings. The summed E-state index contributed by atoms with van der Waals surface area (Å²) in [5, 5.41) is 5.59. The maximum Gasteiger partial charge on any atom is 0.253 e. The molecule has 0 saturated heterocycles. The minimum atomic E-state index is -0.740. The lowest BCUT2D eigenvalue weighted by molar-refractivity contribution is -0.123. The molecule has 0 aliphatic heterocycles. The predicted molar refractivity (Wildman–Crippen MR) is 84.2 cm³/mol. The van der Waals surface area contributed by atoms with E-state index < -0.39 is 6.04 Å². The van der Waals surface area contributed by atoms with Crippen LogP contribution in [0, 0.1) is 0 Å². The van der Waals surface area contributed by atoms with Crippen molar-refractivity contribution in [2.75, 3.05) is 0 Å². The molecule has 1 aromatic heterocycles. The van der Waals surface area contributed by atoms with Crippen LogP contribution >= 0.6 is 0 Å². The van der Waals surface area contributed by atoms with E-state index in [9.17, 15) is 9.59 Å². The summed E-state index contributed by atoms with van der Waals surface area (Å²) in [6.07, 6.45) is 3.06. The fourth-order valence-corrected chi connectivity index (χ4v) is 2.03. The Bertz CT molecular complexity index is 627. The van der Waals surface area contributed by atoms with Crippen molar-refractivity contribution in [3.05, 3.63) is 66.0 Å². The molecule has 0 radical (unpaired) electrons. The maximum absolute atomic E-state index is 12.4. The summed E-state index contributed by atoms with van der Waals surface area (Å²) < 4.78 is 0. The Labute approximate surface area is 129 Å². The van der Waals surface area contributed by atoms with Crippen molar-refractivity contribution < 1.29 is 9.59 Å². The number of hydrogen-bond acceptors (Lipinski definition) is 3. The largest absolute Gasteiger partial charge is 0.352 e. The Morgan fingerprint density at radius 1 is 1.00 bits per heavy atom. The van der Waals surface area contributed by atoms with Crippen molar-refractivity contribution in [3.63, 3.8) is 0 Å². The van der Waals surface area contributed by atoms with E-state index >= 15 is 0 Å². The lowest BCUT2D eigenvalue weighted by Gasteiger charge is -2.20. The van der Waals surface area contributed by atoms with Crippen LogP contribution in [0.1, 0.15) is 35.8 Å². The van der Waals surface area contributed by atoms with Gasteiger partial charge in [0.25, 0.3) is 5.91 Å². The minimum absolute atomic E-state index is 0.00555. The molecule has 0 spiro atoms. The molecule has 1 heterocycles. The van der Waals surface area contributed by atoms with Gasteiger partial charge in [0.15, 0.2) is 0 Å². The van der Waals surface area contributed by atoms with Crippen molar-refractivity contribution >= 4 is 11.8 Å². The van der Waals surface area contributed by atoms with Crippen LogP contribution in [-0.4, -0.2) is 22.8 Å². The van der Waals surface area contributed by atoms with Crippen LogP contribution in [0.15, 0.2) is 54.9 Å². The zero-order chi connectivity index (χ0) is 15.9. The van der Waals surface area contributed by atoms with Gasteiger partial charge < -0.3 is 10.6 Å². The number of pyridine rings is 1. The summed E-state index contributed by atoms with van der Waals surface area (Å²) in [4.78, 5) is 28.6. The lowest BCUT2D eigenvalue weighted by Crippen LogP contribution is -2.42. The van der Waals surface area contributed by atoms with Gasteiger partial charge in [-0.15, -0.1) is 0 Å². The van der Waals surface area contributed by atoms with Crippen LogP contribution in [0.5, 0.6) is 0 Å². The Morgan fingerprint density at radius 2 is 1.73 bits per heavy atom. The molecule has 0 unspecified atom stereocenters. The smallest absolute Gasteiger partial charge is 0.253 e. The fourth-order valence-electron chi connectivity index (χ4n) is 2.03. The molecule has 5 heteroatoms. The quantitative estimate of drug-likeness (QED) is 0.887. The van der Waals surface area contributed by atoms with E-state index in [2.05, 4.69) is 15.6 Å². The first-order chi connectivity index (χ1) is 10.6. The lowest BCUT2D eigenvalue weighted by atomic mass is 10.1. The molecule has 2 N–H and O–H groups in total. The number of amides is 2. The molecule has 2 rings (SSSR count). The second kappa shape index (κ2) is 7.36. The minimum Gasteiger partial charge on any atom is -0.352 e. The van der Waals surface area contributed by atoms with Crippen molar-refractivity contribution in [3.8, 4) is 0 Å². The van der Waals surface area contributed by atoms with E-state index in [4.69, 9.17) is 0 Å². The van der Waals surface area contributed by atoms with Crippen LogP contribution in [-0.2, 0) is 4.79 Å². The summed E-state index contributed by atoms with van der Waals surface area (Å²) in [7, 11) is 0. The summed E-state index contributed by atoms with van der Waals surface area (Å²) in [6.45, 7) is 3.76. The predicted octanol–water partition coefficient (Wildman–Crippen LogP) is 2.08. The molecular formula is C17H19N3O2. The van der Waals surface area contributed by atoms with Gasteiger partial charge in [-0.3, -0.25) is 14.6 Å². The van der Waals surface area contributed by atoms with Gasteiger partial charge in [0.1, 0.15) is 6.04 Å². The monoisotopic (exact) mass is 297 g/mol. The molecular weight excluding hydrogens is 278 g/mol. The van der Waals surface area contributed by atoms with Gasteiger partial charge in [-0.05, 0) is 31.5 Å². The first-order valence-electron chi connectivity index (χ1n) is 7.14. The highest BCUT2D eigenvalue weighted by Crippen LogP contribution is 2.14. The Morgan fingerprint density at radius 3 is 2.32 bits per heavy atom. The van der Waals surface area contributed by atoms with E-state index in [1.165, 1.54) is 6.20 Å². The second-order valence-corrected chi connectivity index (χ2v) is 5.22. The Kier molecular flexibility index (Phi) is 5.25. The summed E-state index contributed by atoms with van der Waals surface area (Å²) in [5.74, 6) is -0.570. The van der Waals surface area contributed by atoms with Gasteiger partial charge in [-0.25, -0.2) is 0 Å². The molecule has 1 atom stereocenters. The SMILES string of the molecule is CC(C)NC(=O)[C@@H](NC(=O)c1cccnc1)c1ccccc1. The maximum atomic E-state index is 12.4. The highest BCUT2D eigenvalue weighted by molar-refractivity contribution is 5.97. The van der Waals surface area contributed by atoms with E-state index in [1.807, 2.05) is 44.2 Å². The molecule has 22 heavy (non-hydrogen) atoms. The van der Waals surface area contributed by atoms with Crippen molar-refractivity contribution in [2.24, 2.45) is 0 Å². The van der Waals surface area contributed by atoms with Crippen LogP contribution in [0.25, 0.3) is 0 Å². The van der Waals surface area contributed by atoms with E-state index in [0.29, 0.717) is 5.56 Å². The summed E-state index contributed by atoms with van der Waals surface area (Å²) >= 11 is 0.